The van der Waals surface area contributed by atoms with Crippen LogP contribution in [0.3, 0.4) is 0 Å². The van der Waals surface area contributed by atoms with Gasteiger partial charge in [0.25, 0.3) is 11.5 Å². The van der Waals surface area contributed by atoms with Crippen molar-refractivity contribution in [2.24, 2.45) is 0 Å². The summed E-state index contributed by atoms with van der Waals surface area (Å²) in [5, 5.41) is 9.87. The summed E-state index contributed by atoms with van der Waals surface area (Å²) in [5.74, 6) is -0.612. The molecule has 5 nitrogen and oxygen atoms in total. The van der Waals surface area contributed by atoms with Gasteiger partial charge in [-0.05, 0) is 17.7 Å². The minimum Gasteiger partial charge on any atom is -0.320 e. The number of carbonyl (C=O) groups is 1. The SMILES string of the molecule is O=C(Nc1cccc(Cl)c1Cl)c1c(-c2ccccc2)c(-c2ccccc2)n[nH]c1=O. The van der Waals surface area contributed by atoms with E-state index in [0.717, 1.165) is 5.56 Å². The van der Waals surface area contributed by atoms with E-state index in [1.807, 2.05) is 60.7 Å². The summed E-state index contributed by atoms with van der Waals surface area (Å²) < 4.78 is 0. The van der Waals surface area contributed by atoms with E-state index >= 15 is 0 Å². The van der Waals surface area contributed by atoms with Crippen LogP contribution in [0.15, 0.2) is 83.7 Å². The number of benzene rings is 3. The van der Waals surface area contributed by atoms with Crippen LogP contribution in [0.2, 0.25) is 10.0 Å². The van der Waals surface area contributed by atoms with E-state index in [1.165, 1.54) is 0 Å². The number of hydrogen-bond acceptors (Lipinski definition) is 3. The van der Waals surface area contributed by atoms with Crippen LogP contribution < -0.4 is 10.9 Å². The monoisotopic (exact) mass is 435 g/mol. The molecule has 30 heavy (non-hydrogen) atoms. The average Bonchev–Trinajstić information content (AvgIpc) is 2.77. The van der Waals surface area contributed by atoms with Crippen LogP contribution in [0.4, 0.5) is 5.69 Å². The van der Waals surface area contributed by atoms with Gasteiger partial charge in [-0.1, -0.05) is 89.9 Å². The molecule has 4 rings (SSSR count). The number of aromatic amines is 1. The molecule has 0 spiro atoms. The van der Waals surface area contributed by atoms with Crippen LogP contribution in [0.25, 0.3) is 22.4 Å². The fraction of sp³-hybridized carbons (Fsp3) is 0. The van der Waals surface area contributed by atoms with E-state index in [4.69, 9.17) is 23.2 Å². The van der Waals surface area contributed by atoms with E-state index in [1.54, 1.807) is 18.2 Å². The molecule has 7 heteroatoms. The number of nitrogens with one attached hydrogen (secondary N) is 2. The number of halogens is 2. The normalized spacial score (nSPS) is 10.6. The van der Waals surface area contributed by atoms with Crippen molar-refractivity contribution in [2.45, 2.75) is 0 Å². The van der Waals surface area contributed by atoms with Crippen LogP contribution in [0.1, 0.15) is 10.4 Å². The molecule has 0 saturated heterocycles. The number of amides is 1. The molecular formula is C23H15Cl2N3O2. The van der Waals surface area contributed by atoms with Gasteiger partial charge < -0.3 is 5.32 Å². The maximum absolute atomic E-state index is 13.2. The van der Waals surface area contributed by atoms with Crippen molar-refractivity contribution >= 4 is 34.8 Å². The number of rotatable bonds is 4. The molecule has 0 aliphatic rings. The highest BCUT2D eigenvalue weighted by Crippen LogP contribution is 2.33. The molecule has 0 fully saturated rings. The summed E-state index contributed by atoms with van der Waals surface area (Å²) >= 11 is 12.2. The molecule has 1 amide bonds. The van der Waals surface area contributed by atoms with Crippen LogP contribution in [-0.2, 0) is 0 Å². The van der Waals surface area contributed by atoms with Crippen LogP contribution >= 0.6 is 23.2 Å². The van der Waals surface area contributed by atoms with Crippen molar-refractivity contribution in [1.29, 1.82) is 0 Å². The lowest BCUT2D eigenvalue weighted by Gasteiger charge is -2.14. The van der Waals surface area contributed by atoms with Crippen molar-refractivity contribution in [2.75, 3.05) is 5.32 Å². The standard InChI is InChI=1S/C23H15Cl2N3O2/c24-16-12-7-13-17(20(16)25)26-22(29)19-18(14-8-3-1-4-9-14)21(27-28-23(19)30)15-10-5-2-6-11-15/h1-13H,(H,26,29)(H,28,30). The van der Waals surface area contributed by atoms with Crippen molar-refractivity contribution in [3.8, 4) is 22.4 Å². The average molecular weight is 436 g/mol. The number of nitrogens with zero attached hydrogens (tertiary/aromatic N) is 1. The molecular weight excluding hydrogens is 421 g/mol. The number of carbonyl (C=O) groups excluding carboxylic acids is 1. The van der Waals surface area contributed by atoms with Gasteiger partial charge in [-0.3, -0.25) is 9.59 Å². The van der Waals surface area contributed by atoms with E-state index in [0.29, 0.717) is 27.5 Å². The van der Waals surface area contributed by atoms with Crippen molar-refractivity contribution in [3.63, 3.8) is 0 Å². The summed E-state index contributed by atoms with van der Waals surface area (Å²) in [7, 11) is 0. The first-order chi connectivity index (χ1) is 14.6. The number of aromatic nitrogens is 2. The number of anilines is 1. The Labute approximate surface area is 182 Å². The second-order valence-electron chi connectivity index (χ2n) is 6.44. The van der Waals surface area contributed by atoms with Gasteiger partial charge in [0.05, 0.1) is 21.4 Å². The third-order valence-electron chi connectivity index (χ3n) is 4.52. The minimum atomic E-state index is -0.612. The van der Waals surface area contributed by atoms with Gasteiger partial charge in [-0.2, -0.15) is 5.10 Å². The Kier molecular flexibility index (Phi) is 5.65. The zero-order valence-electron chi connectivity index (χ0n) is 15.5. The lowest BCUT2D eigenvalue weighted by Crippen LogP contribution is -2.26. The maximum Gasteiger partial charge on any atom is 0.277 e. The third kappa shape index (κ3) is 3.85. The van der Waals surface area contributed by atoms with E-state index in [-0.39, 0.29) is 10.6 Å². The van der Waals surface area contributed by atoms with Crippen LogP contribution in [-0.4, -0.2) is 16.1 Å². The van der Waals surface area contributed by atoms with Crippen LogP contribution in [0.5, 0.6) is 0 Å². The molecule has 0 aliphatic carbocycles. The largest absolute Gasteiger partial charge is 0.320 e. The molecule has 148 valence electrons. The van der Waals surface area contributed by atoms with Crippen molar-refractivity contribution in [1.82, 2.24) is 10.2 Å². The molecule has 2 N–H and O–H groups in total. The Hall–Kier alpha value is -3.41. The summed E-state index contributed by atoms with van der Waals surface area (Å²) in [6, 6.07) is 23.4. The highest BCUT2D eigenvalue weighted by atomic mass is 35.5. The molecule has 0 aliphatic heterocycles. The highest BCUT2D eigenvalue weighted by molar-refractivity contribution is 6.44. The Morgan fingerprint density at radius 2 is 1.47 bits per heavy atom. The Morgan fingerprint density at radius 3 is 2.13 bits per heavy atom. The van der Waals surface area contributed by atoms with Gasteiger partial charge >= 0.3 is 0 Å². The first-order valence-electron chi connectivity index (χ1n) is 9.05. The summed E-state index contributed by atoms with van der Waals surface area (Å²) in [5.41, 5.74) is 2.02. The van der Waals surface area contributed by atoms with Crippen molar-refractivity contribution < 1.29 is 4.79 Å². The van der Waals surface area contributed by atoms with Gasteiger partial charge in [-0.25, -0.2) is 5.10 Å². The molecule has 3 aromatic carbocycles. The predicted molar refractivity (Wildman–Crippen MR) is 120 cm³/mol. The van der Waals surface area contributed by atoms with Gasteiger partial charge in [0.15, 0.2) is 0 Å². The summed E-state index contributed by atoms with van der Waals surface area (Å²) in [6.45, 7) is 0. The number of hydrogen-bond donors (Lipinski definition) is 2. The summed E-state index contributed by atoms with van der Waals surface area (Å²) in [6.07, 6.45) is 0. The first-order valence-corrected chi connectivity index (χ1v) is 9.80. The van der Waals surface area contributed by atoms with Crippen molar-refractivity contribution in [3.05, 3.63) is 105 Å². The first kappa shape index (κ1) is 19.9. The van der Waals surface area contributed by atoms with E-state index in [9.17, 15) is 9.59 Å². The van der Waals surface area contributed by atoms with Gasteiger partial charge in [0.2, 0.25) is 0 Å². The molecule has 0 bridgehead atoms. The zero-order valence-corrected chi connectivity index (χ0v) is 17.0. The minimum absolute atomic E-state index is 0.0638. The quantitative estimate of drug-likeness (QED) is 0.433. The third-order valence-corrected chi connectivity index (χ3v) is 5.34. The molecule has 0 radical (unpaired) electrons. The topological polar surface area (TPSA) is 74.8 Å². The summed E-state index contributed by atoms with van der Waals surface area (Å²) in [4.78, 5) is 26.0. The lowest BCUT2D eigenvalue weighted by atomic mass is 9.95. The predicted octanol–water partition coefficient (Wildman–Crippen LogP) is 5.66. The Bertz CT molecular complexity index is 1270. The van der Waals surface area contributed by atoms with E-state index < -0.39 is 11.5 Å². The molecule has 4 aromatic rings. The lowest BCUT2D eigenvalue weighted by molar-refractivity contribution is 0.102. The van der Waals surface area contributed by atoms with E-state index in [2.05, 4.69) is 15.5 Å². The molecule has 0 atom stereocenters. The highest BCUT2D eigenvalue weighted by Gasteiger charge is 2.23. The smallest absolute Gasteiger partial charge is 0.277 e. The number of H-pyrrole nitrogens is 1. The van der Waals surface area contributed by atoms with Gasteiger partial charge in [0.1, 0.15) is 5.56 Å². The molecule has 1 heterocycles. The van der Waals surface area contributed by atoms with Crippen LogP contribution in [0, 0.1) is 0 Å². The second kappa shape index (κ2) is 8.53. The molecule has 0 saturated carbocycles. The van der Waals surface area contributed by atoms with Gasteiger partial charge in [0, 0.05) is 11.1 Å². The fourth-order valence-corrected chi connectivity index (χ4v) is 3.49. The molecule has 1 aromatic heterocycles. The Morgan fingerprint density at radius 1 is 0.833 bits per heavy atom. The second-order valence-corrected chi connectivity index (χ2v) is 7.22. The van der Waals surface area contributed by atoms with Gasteiger partial charge in [-0.15, -0.1) is 0 Å². The Balaban J connectivity index is 1.92. The molecule has 0 unspecified atom stereocenters. The fourth-order valence-electron chi connectivity index (χ4n) is 3.14. The maximum atomic E-state index is 13.2. The zero-order chi connectivity index (χ0) is 21.1.